The predicted molar refractivity (Wildman–Crippen MR) is 93.5 cm³/mol. The maximum absolute atomic E-state index is 13.0. The predicted octanol–water partition coefficient (Wildman–Crippen LogP) is 5.92. The molecule has 6 heteroatoms. The van der Waals surface area contributed by atoms with Crippen LogP contribution in [-0.4, -0.2) is 10.1 Å². The quantitative estimate of drug-likeness (QED) is 0.457. The zero-order chi connectivity index (χ0) is 16.5. The molecule has 0 amide bonds. The average Bonchev–Trinajstić information content (AvgIpc) is 3.25. The van der Waals surface area contributed by atoms with Gasteiger partial charge in [-0.2, -0.15) is 4.98 Å². The van der Waals surface area contributed by atoms with E-state index in [2.05, 4.69) is 10.1 Å². The zero-order valence-corrected chi connectivity index (χ0v) is 13.8. The van der Waals surface area contributed by atoms with Crippen LogP contribution in [0.4, 0.5) is 4.39 Å². The van der Waals surface area contributed by atoms with E-state index in [1.165, 1.54) is 23.5 Å². The lowest BCUT2D eigenvalue weighted by atomic mass is 10.1. The third kappa shape index (κ3) is 2.84. The van der Waals surface area contributed by atoms with Gasteiger partial charge < -0.3 is 4.52 Å². The van der Waals surface area contributed by atoms with Crippen LogP contribution in [0.2, 0.25) is 5.02 Å². The minimum absolute atomic E-state index is 0.300. The molecule has 2 aromatic carbocycles. The summed E-state index contributed by atoms with van der Waals surface area (Å²) in [5.41, 5.74) is 2.74. The summed E-state index contributed by atoms with van der Waals surface area (Å²) in [6.07, 6.45) is 0. The van der Waals surface area contributed by atoms with E-state index in [1.807, 2.05) is 35.7 Å². The van der Waals surface area contributed by atoms with Gasteiger partial charge in [-0.05, 0) is 53.4 Å². The second kappa shape index (κ2) is 6.19. The number of halogens is 2. The minimum atomic E-state index is -0.300. The van der Waals surface area contributed by atoms with Crippen LogP contribution in [-0.2, 0) is 0 Å². The fraction of sp³-hybridized carbons (Fsp3) is 0. The van der Waals surface area contributed by atoms with E-state index in [-0.39, 0.29) is 5.82 Å². The lowest BCUT2D eigenvalue weighted by molar-refractivity contribution is 0.433. The Balaban J connectivity index is 1.72. The second-order valence-corrected chi connectivity index (χ2v) is 6.45. The molecule has 0 atom stereocenters. The molecule has 0 radical (unpaired) electrons. The van der Waals surface area contributed by atoms with Gasteiger partial charge in [0, 0.05) is 16.1 Å². The number of hydrogen-bond donors (Lipinski definition) is 0. The molecule has 2 heterocycles. The van der Waals surface area contributed by atoms with Crippen molar-refractivity contribution >= 4 is 22.9 Å². The highest BCUT2D eigenvalue weighted by Crippen LogP contribution is 2.37. The topological polar surface area (TPSA) is 38.9 Å². The summed E-state index contributed by atoms with van der Waals surface area (Å²) in [5.74, 6) is 0.570. The normalized spacial score (nSPS) is 10.9. The molecule has 3 nitrogen and oxygen atoms in total. The van der Waals surface area contributed by atoms with Gasteiger partial charge in [0.25, 0.3) is 5.89 Å². The molecule has 2 aromatic heterocycles. The fourth-order valence-corrected chi connectivity index (χ4v) is 3.33. The summed E-state index contributed by atoms with van der Waals surface area (Å²) >= 11 is 7.47. The zero-order valence-electron chi connectivity index (χ0n) is 12.2. The molecule has 0 bridgehead atoms. The minimum Gasteiger partial charge on any atom is -0.333 e. The lowest BCUT2D eigenvalue weighted by Crippen LogP contribution is -1.82. The Morgan fingerprint density at radius 3 is 2.38 bits per heavy atom. The Labute approximate surface area is 146 Å². The van der Waals surface area contributed by atoms with Crippen LogP contribution in [0.3, 0.4) is 0 Å². The first kappa shape index (κ1) is 15.1. The molecule has 0 N–H and O–H groups in total. The Bertz CT molecular complexity index is 977. The van der Waals surface area contributed by atoms with Gasteiger partial charge in [-0.1, -0.05) is 28.9 Å². The molecular weight excluding hydrogens is 347 g/mol. The van der Waals surface area contributed by atoms with Gasteiger partial charge >= 0.3 is 0 Å². The first-order chi connectivity index (χ1) is 11.7. The van der Waals surface area contributed by atoms with Gasteiger partial charge in [-0.15, -0.1) is 11.3 Å². The standard InChI is InChI=1S/C18H10ClFN2OS/c19-13-5-1-11(2-6-13)15-9-10-24-16(15)18-21-17(22-23-18)12-3-7-14(20)8-4-12/h1-10H. The Morgan fingerprint density at radius 2 is 1.62 bits per heavy atom. The molecular formula is C18H10ClFN2OS. The van der Waals surface area contributed by atoms with Gasteiger partial charge in [-0.25, -0.2) is 4.39 Å². The summed E-state index contributed by atoms with van der Waals surface area (Å²) in [5, 5.41) is 6.66. The highest BCUT2D eigenvalue weighted by atomic mass is 35.5. The first-order valence-corrected chi connectivity index (χ1v) is 8.40. The lowest BCUT2D eigenvalue weighted by Gasteiger charge is -2.00. The number of aromatic nitrogens is 2. The van der Waals surface area contributed by atoms with Gasteiger partial charge in [0.2, 0.25) is 5.82 Å². The monoisotopic (exact) mass is 356 g/mol. The second-order valence-electron chi connectivity index (χ2n) is 5.10. The van der Waals surface area contributed by atoms with Crippen molar-refractivity contribution in [3.05, 3.63) is 70.8 Å². The fourth-order valence-electron chi connectivity index (χ4n) is 2.36. The third-order valence-corrected chi connectivity index (χ3v) is 4.70. The summed E-state index contributed by atoms with van der Waals surface area (Å²) in [7, 11) is 0. The van der Waals surface area contributed by atoms with Crippen molar-refractivity contribution in [1.29, 1.82) is 0 Å². The van der Waals surface area contributed by atoms with Crippen LogP contribution in [0.5, 0.6) is 0 Å². The van der Waals surface area contributed by atoms with E-state index in [9.17, 15) is 4.39 Å². The maximum atomic E-state index is 13.0. The maximum Gasteiger partial charge on any atom is 0.268 e. The smallest absolute Gasteiger partial charge is 0.268 e. The van der Waals surface area contributed by atoms with Crippen LogP contribution >= 0.6 is 22.9 Å². The first-order valence-electron chi connectivity index (χ1n) is 7.14. The molecule has 0 saturated heterocycles. The molecule has 0 saturated carbocycles. The molecule has 0 fully saturated rings. The number of thiophene rings is 1. The molecule has 118 valence electrons. The van der Waals surface area contributed by atoms with E-state index in [0.717, 1.165) is 16.0 Å². The Kier molecular flexibility index (Phi) is 3.88. The van der Waals surface area contributed by atoms with E-state index >= 15 is 0 Å². The number of nitrogens with zero attached hydrogens (tertiary/aromatic N) is 2. The van der Waals surface area contributed by atoms with Gasteiger partial charge in [0.1, 0.15) is 10.7 Å². The Morgan fingerprint density at radius 1 is 0.917 bits per heavy atom. The van der Waals surface area contributed by atoms with Crippen LogP contribution in [0.15, 0.2) is 64.5 Å². The largest absolute Gasteiger partial charge is 0.333 e. The Hall–Kier alpha value is -2.50. The van der Waals surface area contributed by atoms with Gasteiger partial charge in [0.05, 0.1) is 0 Å². The van der Waals surface area contributed by atoms with Crippen LogP contribution < -0.4 is 0 Å². The summed E-state index contributed by atoms with van der Waals surface area (Å²) in [6.45, 7) is 0. The molecule has 4 aromatic rings. The van der Waals surface area contributed by atoms with Crippen LogP contribution in [0.25, 0.3) is 33.3 Å². The number of hydrogen-bond acceptors (Lipinski definition) is 4. The molecule has 0 aliphatic carbocycles. The van der Waals surface area contributed by atoms with Crippen molar-refractivity contribution < 1.29 is 8.91 Å². The van der Waals surface area contributed by atoms with Crippen molar-refractivity contribution in [3.8, 4) is 33.3 Å². The van der Waals surface area contributed by atoms with Crippen LogP contribution in [0.1, 0.15) is 0 Å². The molecule has 0 aliphatic heterocycles. The van der Waals surface area contributed by atoms with Crippen molar-refractivity contribution in [2.45, 2.75) is 0 Å². The van der Waals surface area contributed by atoms with Gasteiger partial charge in [0.15, 0.2) is 0 Å². The van der Waals surface area contributed by atoms with E-state index < -0.39 is 0 Å². The summed E-state index contributed by atoms with van der Waals surface area (Å²) in [6, 6.07) is 15.6. The highest BCUT2D eigenvalue weighted by Gasteiger charge is 2.16. The SMILES string of the molecule is Fc1ccc(-c2noc(-c3sccc3-c3ccc(Cl)cc3)n2)cc1. The van der Waals surface area contributed by atoms with Crippen molar-refractivity contribution in [2.75, 3.05) is 0 Å². The number of benzene rings is 2. The highest BCUT2D eigenvalue weighted by molar-refractivity contribution is 7.14. The van der Waals surface area contributed by atoms with Crippen molar-refractivity contribution in [1.82, 2.24) is 10.1 Å². The van der Waals surface area contributed by atoms with E-state index in [1.54, 1.807) is 12.1 Å². The third-order valence-electron chi connectivity index (χ3n) is 3.54. The molecule has 0 unspecified atom stereocenters. The van der Waals surface area contributed by atoms with E-state index in [4.69, 9.17) is 16.1 Å². The molecule has 4 rings (SSSR count). The van der Waals surface area contributed by atoms with Gasteiger partial charge in [-0.3, -0.25) is 0 Å². The van der Waals surface area contributed by atoms with Crippen LogP contribution in [0, 0.1) is 5.82 Å². The summed E-state index contributed by atoms with van der Waals surface area (Å²) in [4.78, 5) is 5.33. The number of rotatable bonds is 3. The molecule has 0 spiro atoms. The van der Waals surface area contributed by atoms with Crippen molar-refractivity contribution in [2.24, 2.45) is 0 Å². The molecule has 24 heavy (non-hydrogen) atoms. The molecule has 0 aliphatic rings. The summed E-state index contributed by atoms with van der Waals surface area (Å²) < 4.78 is 18.4. The van der Waals surface area contributed by atoms with E-state index in [0.29, 0.717) is 22.3 Å². The average molecular weight is 357 g/mol. The van der Waals surface area contributed by atoms with Crippen molar-refractivity contribution in [3.63, 3.8) is 0 Å².